The van der Waals surface area contributed by atoms with E-state index in [-0.39, 0.29) is 29.5 Å². The molecule has 48 heteroatoms. The molecule has 0 saturated carbocycles. The molecule has 29 N–H and O–H groups in total. The number of hydrogen-bond acceptors (Lipinski definition) is 34. The van der Waals surface area contributed by atoms with Crippen molar-refractivity contribution in [3.8, 4) is 5.75 Å². The molecule has 4 rings (SSSR count). The van der Waals surface area contributed by atoms with Crippen molar-refractivity contribution in [2.75, 3.05) is 26.8 Å². The van der Waals surface area contributed by atoms with Crippen LogP contribution in [-0.2, 0) is 90.8 Å². The standard InChI is InChI=1S/C75H120ClN11O36/c1-8-17-36(76)18-15-13-11-10-12-14-16-19-42(120-73-60(105)61(41(93)30-118-73)122-75-59(104)56(101)57(102)62(123-75)72(116)117)54(99)70(113)85-49(33(5)91)66(109)83-47(31(3)89)65(108)84-48(32(4)90)67(110)86-50(52(97)35-20-22-37(92)23-21-35)68(111)80-38(9-2)64(107)81-39(24-26-44(77)94)63(106)79-28-46(96)87(7)51(69(112)82-40(71(114)115)25-27-45(78)95)34(6)119-74-58(103)55(100)53(98)43(29-88)121-74/h9,20-23,31-34,36,39-43,47-62,73-75,88-93,97-105H,8,10-19,24-30H2,1-7H3,(H2,77,94)(H2,78,95)(H,79,106)(H,80,111)(H,81,107)(H,82,112)(H,83,109)(H,84,108)(H,85,113)(H,86,110)(H,114,115)(H,116,117)/b38-9-/t31?,32?,33?,34?,36?,39-,40+,41+,42?,43+,47?,48?,49?,50?,51?,52?,53+,54?,55-,56-,57+,58-,59+,60-,61+,62-,73-,74+,75+/m0/s1. The van der Waals surface area contributed by atoms with Gasteiger partial charge >= 0.3 is 11.9 Å². The Hall–Kier alpha value is -8.64. The Kier molecular flexibility index (Phi) is 44.9. The number of nitrogens with two attached hydrogens (primary N) is 2. The number of aliphatic hydroxyl groups is 14. The molecule has 0 spiro atoms. The molecular formula is C75H120ClN11O36. The van der Waals surface area contributed by atoms with E-state index < -0.39 is 299 Å². The zero-order valence-electron chi connectivity index (χ0n) is 68.7. The topological polar surface area (TPSA) is 773 Å². The number of aliphatic carboxylic acids is 2. The molecule has 0 aromatic heterocycles. The first-order chi connectivity index (χ1) is 57.7. The number of unbranched alkanes of at least 4 members (excludes halogenated alkanes) is 6. The molecular weight excluding hydrogens is 1670 g/mol. The van der Waals surface area contributed by atoms with Crippen LogP contribution in [0.15, 0.2) is 36.0 Å². The maximum atomic E-state index is 14.5. The lowest BCUT2D eigenvalue weighted by molar-refractivity contribution is -0.349. The molecule has 11 amide bonds. The number of phenols is 1. The number of phenolic OH excluding ortho intramolecular Hbond substituents is 1. The first kappa shape index (κ1) is 107. The Morgan fingerprint density at radius 1 is 0.569 bits per heavy atom. The maximum Gasteiger partial charge on any atom is 0.335 e. The van der Waals surface area contributed by atoms with Crippen LogP contribution in [0.3, 0.4) is 0 Å². The average Bonchev–Trinajstić information content (AvgIpc) is 0.800. The number of carboxylic acids is 2. The number of nitrogens with zero attached hydrogens (tertiary/aromatic N) is 1. The number of carboxylic acid groups (broad SMARTS) is 2. The zero-order valence-corrected chi connectivity index (χ0v) is 69.5. The first-order valence-electron chi connectivity index (χ1n) is 39.9. The minimum absolute atomic E-state index is 0.0553. The lowest BCUT2D eigenvalue weighted by atomic mass is 9.98. The van der Waals surface area contributed by atoms with E-state index in [9.17, 15) is 149 Å². The fourth-order valence-corrected chi connectivity index (χ4v) is 13.6. The van der Waals surface area contributed by atoms with Crippen LogP contribution in [0.2, 0.25) is 0 Å². The molecule has 1 aromatic carbocycles. The maximum absolute atomic E-state index is 14.5. The quantitative estimate of drug-likeness (QED) is 0.0164. The molecule has 1 aromatic rings. The van der Waals surface area contributed by atoms with E-state index in [0.29, 0.717) is 17.7 Å². The normalized spacial score (nSPS) is 26.0. The van der Waals surface area contributed by atoms with Crippen molar-refractivity contribution < 1.29 is 178 Å². The number of ether oxygens (including phenoxy) is 6. The van der Waals surface area contributed by atoms with Gasteiger partial charge in [0.2, 0.25) is 53.2 Å². The van der Waals surface area contributed by atoms with Crippen LogP contribution in [-0.4, -0.2) is 366 Å². The summed E-state index contributed by atoms with van der Waals surface area (Å²) in [4.78, 5) is 176. The number of aromatic hydroxyl groups is 1. The van der Waals surface area contributed by atoms with Crippen LogP contribution in [0.5, 0.6) is 5.75 Å². The summed E-state index contributed by atoms with van der Waals surface area (Å²) in [6.07, 6.45) is -36.0. The van der Waals surface area contributed by atoms with E-state index in [1.807, 2.05) is 6.92 Å². The van der Waals surface area contributed by atoms with Gasteiger partial charge in [0.05, 0.1) is 50.3 Å². The third kappa shape index (κ3) is 32.4. The van der Waals surface area contributed by atoms with Crippen molar-refractivity contribution >= 4 is 88.5 Å². The number of likely N-dealkylation sites (N-methyl/N-ethyl adjacent to an activating group) is 1. The monoisotopic (exact) mass is 1790 g/mol. The highest BCUT2D eigenvalue weighted by Gasteiger charge is 2.53. The van der Waals surface area contributed by atoms with E-state index in [1.165, 1.54) is 0 Å². The number of halogens is 1. The summed E-state index contributed by atoms with van der Waals surface area (Å²) in [7, 11) is 0.958. The predicted octanol–water partition coefficient (Wildman–Crippen LogP) is -9.72. The second-order valence-electron chi connectivity index (χ2n) is 30.2. The fraction of sp³-hybridized carbons (Fsp3) is 0.720. The van der Waals surface area contributed by atoms with Gasteiger partial charge in [-0.3, -0.25) is 52.7 Å². The lowest BCUT2D eigenvalue weighted by Crippen LogP contribution is -2.64. The summed E-state index contributed by atoms with van der Waals surface area (Å²) in [6.45, 7) is 4.42. The van der Waals surface area contributed by atoms with E-state index in [0.717, 1.165) is 117 Å². The molecule has 3 aliphatic rings. The van der Waals surface area contributed by atoms with Gasteiger partial charge in [0.1, 0.15) is 121 Å². The second kappa shape index (κ2) is 51.7. The molecule has 29 atom stereocenters. The number of allylic oxidation sites excluding steroid dienone is 1. The zero-order chi connectivity index (χ0) is 92.7. The molecule has 0 bridgehead atoms. The third-order valence-corrected chi connectivity index (χ3v) is 20.8. The third-order valence-electron chi connectivity index (χ3n) is 20.4. The van der Waals surface area contributed by atoms with Crippen molar-refractivity contribution in [3.63, 3.8) is 0 Å². The van der Waals surface area contributed by atoms with Gasteiger partial charge in [0.25, 0.3) is 11.8 Å². The highest BCUT2D eigenvalue weighted by molar-refractivity contribution is 6.20. The number of hydrogen-bond donors (Lipinski definition) is 27. The van der Waals surface area contributed by atoms with Gasteiger partial charge < -0.3 is 174 Å². The smallest absolute Gasteiger partial charge is 0.335 e. The highest BCUT2D eigenvalue weighted by Crippen LogP contribution is 2.31. The predicted molar refractivity (Wildman–Crippen MR) is 418 cm³/mol. The van der Waals surface area contributed by atoms with Crippen LogP contribution in [0.1, 0.15) is 150 Å². The van der Waals surface area contributed by atoms with Crippen LogP contribution in [0, 0.1) is 0 Å². The molecule has 3 fully saturated rings. The molecule has 3 saturated heterocycles. The summed E-state index contributed by atoms with van der Waals surface area (Å²) < 4.78 is 33.3. The van der Waals surface area contributed by atoms with Gasteiger partial charge in [-0.2, -0.15) is 0 Å². The minimum atomic E-state index is -2.35. The summed E-state index contributed by atoms with van der Waals surface area (Å²) in [6, 6.07) is -10.3. The first-order valence-corrected chi connectivity index (χ1v) is 40.3. The Labute approximate surface area is 710 Å². The molecule has 0 radical (unpaired) electrons. The molecule has 3 heterocycles. The van der Waals surface area contributed by atoms with Gasteiger partial charge in [0, 0.05) is 25.3 Å². The second-order valence-corrected chi connectivity index (χ2v) is 30.8. The highest BCUT2D eigenvalue weighted by atomic mass is 35.5. The largest absolute Gasteiger partial charge is 0.508 e. The van der Waals surface area contributed by atoms with E-state index >= 15 is 0 Å². The number of primary amides is 2. The van der Waals surface area contributed by atoms with Crippen LogP contribution in [0.25, 0.3) is 0 Å². The summed E-state index contributed by atoms with van der Waals surface area (Å²) in [5.74, 6) is -18.4. The van der Waals surface area contributed by atoms with Gasteiger partial charge in [-0.25, -0.2) is 9.59 Å². The van der Waals surface area contributed by atoms with Gasteiger partial charge in [-0.1, -0.05) is 76.5 Å². The molecule has 698 valence electrons. The van der Waals surface area contributed by atoms with Gasteiger partial charge in [-0.05, 0) is 84.4 Å². The lowest BCUT2D eigenvalue weighted by Gasteiger charge is -2.44. The van der Waals surface area contributed by atoms with E-state index in [1.54, 1.807) is 0 Å². The molecule has 47 nitrogen and oxygen atoms in total. The number of carbonyl (C=O) groups excluding carboxylic acids is 11. The van der Waals surface area contributed by atoms with Crippen molar-refractivity contribution in [1.82, 2.24) is 47.4 Å². The Morgan fingerprint density at radius 2 is 1.07 bits per heavy atom. The Morgan fingerprint density at radius 3 is 1.58 bits per heavy atom. The fourth-order valence-electron chi connectivity index (χ4n) is 13.2. The van der Waals surface area contributed by atoms with Gasteiger partial charge in [-0.15, -0.1) is 11.6 Å². The number of nitrogens with one attached hydrogen (secondary N) is 8. The van der Waals surface area contributed by atoms with Crippen LogP contribution in [0.4, 0.5) is 0 Å². The SMILES string of the molecule is C/C=C(\NC(=O)C(NC(=O)C(NC(=O)C(NC(=O)C(NC(=O)C(O)C(CCCCCCCCCC(Cl)CCC)O[C@@H]1OC[C@@H](O)[C@@H](O[C@@H]2O[C@H](C(=O)O)[C@H](O)[C@H](O)[C@H]2O)[C@@H]1O)C(C)O)C(C)O)C(C)O)C(O)c1ccc(O)cc1)C(=O)N[C@@H](CCC(N)=O)C(=O)NCC(=O)N(C)C(C(=O)N[C@H](CCC(N)=O)C(=O)O)C(C)O[C@@H]1O[C@H](CO)[C@@H](O)[C@H](O)[C@@H]1O. The van der Waals surface area contributed by atoms with Crippen LogP contribution >= 0.6 is 11.6 Å². The van der Waals surface area contributed by atoms with Crippen molar-refractivity contribution in [1.29, 1.82) is 0 Å². The summed E-state index contributed by atoms with van der Waals surface area (Å²) in [5, 5.41) is 198. The average molecular weight is 1790 g/mol. The van der Waals surface area contributed by atoms with E-state index in [4.69, 9.17) is 51.5 Å². The summed E-state index contributed by atoms with van der Waals surface area (Å²) >= 11 is 6.37. The minimum Gasteiger partial charge on any atom is -0.508 e. The number of carbonyl (C=O) groups is 13. The Balaban J connectivity index is 1.57. The van der Waals surface area contributed by atoms with E-state index in [2.05, 4.69) is 42.5 Å². The van der Waals surface area contributed by atoms with Crippen LogP contribution < -0.4 is 54.0 Å². The number of amides is 11. The molecule has 0 aliphatic carbocycles. The molecule has 123 heavy (non-hydrogen) atoms. The molecule has 13 unspecified atom stereocenters. The summed E-state index contributed by atoms with van der Waals surface area (Å²) in [5.41, 5.74) is 9.56. The number of aliphatic hydroxyl groups excluding tert-OH is 14. The Bertz CT molecular complexity index is 3670. The van der Waals surface area contributed by atoms with Gasteiger partial charge in [0.15, 0.2) is 31.1 Å². The van der Waals surface area contributed by atoms with Crippen molar-refractivity contribution in [2.45, 2.75) is 314 Å². The van der Waals surface area contributed by atoms with Crippen molar-refractivity contribution in [3.05, 3.63) is 41.6 Å². The number of alkyl halides is 1. The van der Waals surface area contributed by atoms with Crippen molar-refractivity contribution in [2.24, 2.45) is 11.5 Å². The number of rotatable bonds is 52. The number of benzene rings is 1. The molecule has 3 aliphatic heterocycles.